The van der Waals surface area contributed by atoms with E-state index in [-0.39, 0.29) is 0 Å². The molecule has 0 aliphatic rings. The molecule has 0 aliphatic carbocycles. The summed E-state index contributed by atoms with van der Waals surface area (Å²) in [6.45, 7) is 1.69. The maximum atomic E-state index is 8.81. The number of nitrogens with zero attached hydrogens (tertiary/aromatic N) is 1. The Morgan fingerprint density at radius 3 is 2.69 bits per heavy atom. The molecule has 0 spiro atoms. The zero-order chi connectivity index (χ0) is 9.84. The minimum atomic E-state index is 0.475. The molecule has 0 amide bonds. The van der Waals surface area contributed by atoms with Gasteiger partial charge in [0.25, 0.3) is 0 Å². The minimum absolute atomic E-state index is 0.475. The third-order valence-electron chi connectivity index (χ3n) is 1.62. The molecule has 13 heavy (non-hydrogen) atoms. The van der Waals surface area contributed by atoms with Gasteiger partial charge in [0.05, 0.1) is 5.57 Å². The first-order valence-electron chi connectivity index (χ1n) is 3.77. The average Bonchev–Trinajstić information content (AvgIpc) is 2.04. The molecule has 0 saturated carbocycles. The summed E-state index contributed by atoms with van der Waals surface area (Å²) < 4.78 is 0. The van der Waals surface area contributed by atoms with Gasteiger partial charge in [-0.25, -0.2) is 0 Å². The van der Waals surface area contributed by atoms with Crippen molar-refractivity contribution in [3.8, 4) is 6.07 Å². The zero-order valence-corrected chi connectivity index (χ0v) is 7.97. The molecule has 0 heterocycles. The molecule has 2 nitrogen and oxygen atoms in total. The summed E-state index contributed by atoms with van der Waals surface area (Å²) in [4.78, 5) is 0. The molecule has 0 radical (unpaired) electrons. The first-order valence-corrected chi connectivity index (χ1v) is 4.15. The number of rotatable bonds is 1. The molecular weight excluding hydrogens is 184 g/mol. The second-order valence-corrected chi connectivity index (χ2v) is 3.12. The van der Waals surface area contributed by atoms with Gasteiger partial charge in [0.2, 0.25) is 0 Å². The van der Waals surface area contributed by atoms with E-state index in [9.17, 15) is 0 Å². The molecule has 0 saturated heterocycles. The third-order valence-corrected chi connectivity index (χ3v) is 1.85. The lowest BCUT2D eigenvalue weighted by molar-refractivity contribution is 1.32. The van der Waals surface area contributed by atoms with Gasteiger partial charge in [-0.15, -0.1) is 0 Å². The van der Waals surface area contributed by atoms with Crippen LogP contribution in [0.3, 0.4) is 0 Å². The van der Waals surface area contributed by atoms with Crippen molar-refractivity contribution >= 4 is 17.2 Å². The van der Waals surface area contributed by atoms with Gasteiger partial charge >= 0.3 is 0 Å². The van der Waals surface area contributed by atoms with Crippen LogP contribution in [0.2, 0.25) is 5.02 Å². The van der Waals surface area contributed by atoms with Gasteiger partial charge in [-0.3, -0.25) is 0 Å². The van der Waals surface area contributed by atoms with Crippen molar-refractivity contribution in [2.24, 2.45) is 5.73 Å². The average molecular weight is 193 g/mol. The van der Waals surface area contributed by atoms with Crippen molar-refractivity contribution in [1.29, 1.82) is 5.26 Å². The van der Waals surface area contributed by atoms with Crippen LogP contribution in [0.5, 0.6) is 0 Å². The number of nitriles is 1. The van der Waals surface area contributed by atoms with Crippen LogP contribution in [-0.2, 0) is 0 Å². The van der Waals surface area contributed by atoms with E-state index < -0.39 is 0 Å². The summed E-state index contributed by atoms with van der Waals surface area (Å²) in [5.74, 6) is 0. The Kier molecular flexibility index (Phi) is 2.94. The number of benzene rings is 1. The van der Waals surface area contributed by atoms with Gasteiger partial charge in [0.15, 0.2) is 0 Å². The maximum Gasteiger partial charge on any atom is 0.102 e. The fourth-order valence-corrected chi connectivity index (χ4v) is 1.21. The SMILES string of the molecule is C/C(N)=C(\C#N)c1cccc(Cl)c1. The number of hydrogen-bond acceptors (Lipinski definition) is 2. The highest BCUT2D eigenvalue weighted by molar-refractivity contribution is 6.30. The highest BCUT2D eigenvalue weighted by Crippen LogP contribution is 2.19. The van der Waals surface area contributed by atoms with Crippen LogP contribution in [0.15, 0.2) is 30.0 Å². The molecule has 2 N–H and O–H groups in total. The predicted molar refractivity (Wildman–Crippen MR) is 53.8 cm³/mol. The fourth-order valence-electron chi connectivity index (χ4n) is 1.02. The number of halogens is 1. The van der Waals surface area contributed by atoms with Crippen LogP contribution in [0.25, 0.3) is 5.57 Å². The summed E-state index contributed by atoms with van der Waals surface area (Å²) in [5.41, 5.74) is 7.28. The van der Waals surface area contributed by atoms with E-state index in [0.29, 0.717) is 16.3 Å². The molecule has 0 fully saturated rings. The van der Waals surface area contributed by atoms with Gasteiger partial charge in [-0.05, 0) is 24.6 Å². The van der Waals surface area contributed by atoms with Gasteiger partial charge in [0.1, 0.15) is 6.07 Å². The quantitative estimate of drug-likeness (QED) is 0.696. The molecule has 0 unspecified atom stereocenters. The van der Waals surface area contributed by atoms with E-state index in [1.165, 1.54) is 0 Å². The molecule has 1 aromatic rings. The van der Waals surface area contributed by atoms with Crippen molar-refractivity contribution in [1.82, 2.24) is 0 Å². The monoisotopic (exact) mass is 192 g/mol. The predicted octanol–water partition coefficient (Wildman–Crippen LogP) is 2.55. The summed E-state index contributed by atoms with van der Waals surface area (Å²) in [6.07, 6.45) is 0. The highest BCUT2D eigenvalue weighted by Gasteiger charge is 2.02. The maximum absolute atomic E-state index is 8.81. The van der Waals surface area contributed by atoms with Crippen molar-refractivity contribution < 1.29 is 0 Å². The Balaban J connectivity index is 3.24. The molecule has 66 valence electrons. The second kappa shape index (κ2) is 3.97. The second-order valence-electron chi connectivity index (χ2n) is 2.68. The summed E-state index contributed by atoms with van der Waals surface area (Å²) >= 11 is 5.78. The van der Waals surface area contributed by atoms with Crippen LogP contribution < -0.4 is 5.73 Å². The summed E-state index contributed by atoms with van der Waals surface area (Å²) in [5, 5.41) is 9.41. The molecule has 0 bridgehead atoms. The Morgan fingerprint density at radius 2 is 2.23 bits per heavy atom. The largest absolute Gasteiger partial charge is 0.401 e. The van der Waals surface area contributed by atoms with Crippen LogP contribution in [0.4, 0.5) is 0 Å². The minimum Gasteiger partial charge on any atom is -0.401 e. The Hall–Kier alpha value is -1.46. The van der Waals surface area contributed by atoms with Crippen molar-refractivity contribution in [3.63, 3.8) is 0 Å². The van der Waals surface area contributed by atoms with Crippen molar-refractivity contribution in [3.05, 3.63) is 40.5 Å². The normalized spacial score (nSPS) is 11.8. The topological polar surface area (TPSA) is 49.8 Å². The standard InChI is InChI=1S/C10H9ClN2/c1-7(13)10(6-12)8-3-2-4-9(11)5-8/h2-5H,13H2,1H3/b10-7-. The van der Waals surface area contributed by atoms with Crippen molar-refractivity contribution in [2.75, 3.05) is 0 Å². The summed E-state index contributed by atoms with van der Waals surface area (Å²) in [6, 6.07) is 9.11. The Labute approximate surface area is 82.2 Å². The molecule has 1 rings (SSSR count). The first-order chi connectivity index (χ1) is 6.15. The first kappa shape index (κ1) is 9.63. The lowest BCUT2D eigenvalue weighted by Gasteiger charge is -2.01. The van der Waals surface area contributed by atoms with Gasteiger partial charge in [-0.1, -0.05) is 23.7 Å². The molecule has 0 atom stereocenters. The molecular formula is C10H9ClN2. The lowest BCUT2D eigenvalue weighted by Crippen LogP contribution is -1.96. The fraction of sp³-hybridized carbons (Fsp3) is 0.100. The number of nitrogens with two attached hydrogens (primary N) is 1. The third kappa shape index (κ3) is 2.24. The van der Waals surface area contributed by atoms with Gasteiger partial charge in [0, 0.05) is 10.7 Å². The highest BCUT2D eigenvalue weighted by atomic mass is 35.5. The van der Waals surface area contributed by atoms with Gasteiger partial charge < -0.3 is 5.73 Å². The molecule has 3 heteroatoms. The van der Waals surface area contributed by atoms with Crippen molar-refractivity contribution in [2.45, 2.75) is 6.92 Å². The van der Waals surface area contributed by atoms with E-state index in [1.807, 2.05) is 6.07 Å². The Bertz CT molecular complexity index is 384. The Morgan fingerprint density at radius 1 is 1.54 bits per heavy atom. The van der Waals surface area contributed by atoms with E-state index in [2.05, 4.69) is 0 Å². The smallest absolute Gasteiger partial charge is 0.102 e. The number of allylic oxidation sites excluding steroid dienone is 2. The molecule has 0 aliphatic heterocycles. The van der Waals surface area contributed by atoms with E-state index in [1.54, 1.807) is 31.2 Å². The van der Waals surface area contributed by atoms with Crippen LogP contribution in [-0.4, -0.2) is 0 Å². The molecule has 0 aromatic heterocycles. The van der Waals surface area contributed by atoms with Gasteiger partial charge in [-0.2, -0.15) is 5.26 Å². The molecule has 1 aromatic carbocycles. The lowest BCUT2D eigenvalue weighted by atomic mass is 10.1. The van der Waals surface area contributed by atoms with E-state index in [4.69, 9.17) is 22.6 Å². The van der Waals surface area contributed by atoms with Crippen LogP contribution >= 0.6 is 11.6 Å². The van der Waals surface area contributed by atoms with Crippen LogP contribution in [0, 0.1) is 11.3 Å². The van der Waals surface area contributed by atoms with E-state index >= 15 is 0 Å². The van der Waals surface area contributed by atoms with E-state index in [0.717, 1.165) is 5.56 Å². The number of hydrogen-bond donors (Lipinski definition) is 1. The zero-order valence-electron chi connectivity index (χ0n) is 7.21. The van der Waals surface area contributed by atoms with Crippen LogP contribution in [0.1, 0.15) is 12.5 Å². The summed E-state index contributed by atoms with van der Waals surface area (Å²) in [7, 11) is 0.